The van der Waals surface area contributed by atoms with E-state index in [1.165, 1.54) is 0 Å². The lowest BCUT2D eigenvalue weighted by molar-refractivity contribution is 0.0656. The standard InChI is InChI=1S/C18H15N3O5/c22-16-12-3-1-2-4-13(12)17(23)21(16)8-7-19-18(24)20-11-5-6-14-15(9-11)26-10-25-14/h1-6,9H,7-8,10H2,(H2,19,20,24). The Bertz CT molecular complexity index is 876. The lowest BCUT2D eigenvalue weighted by atomic mass is 10.1. The van der Waals surface area contributed by atoms with Gasteiger partial charge in [0.05, 0.1) is 11.1 Å². The van der Waals surface area contributed by atoms with Crippen molar-refractivity contribution >= 4 is 23.5 Å². The van der Waals surface area contributed by atoms with E-state index in [2.05, 4.69) is 10.6 Å². The summed E-state index contributed by atoms with van der Waals surface area (Å²) >= 11 is 0. The number of carbonyl (C=O) groups excluding carboxylic acids is 3. The molecule has 2 heterocycles. The van der Waals surface area contributed by atoms with E-state index in [1.807, 2.05) is 0 Å². The second-order valence-electron chi connectivity index (χ2n) is 5.76. The first-order valence-corrected chi connectivity index (χ1v) is 8.03. The van der Waals surface area contributed by atoms with Gasteiger partial charge in [0, 0.05) is 24.8 Å². The number of fused-ring (bicyclic) bond motifs is 2. The number of amides is 4. The Morgan fingerprint density at radius 2 is 1.69 bits per heavy atom. The molecule has 0 saturated carbocycles. The Morgan fingerprint density at radius 1 is 1.00 bits per heavy atom. The van der Waals surface area contributed by atoms with Crippen LogP contribution in [0.1, 0.15) is 20.7 Å². The van der Waals surface area contributed by atoms with E-state index in [-0.39, 0.29) is 31.7 Å². The monoisotopic (exact) mass is 353 g/mol. The molecule has 26 heavy (non-hydrogen) atoms. The van der Waals surface area contributed by atoms with Gasteiger partial charge < -0.3 is 20.1 Å². The van der Waals surface area contributed by atoms with Crippen LogP contribution >= 0.6 is 0 Å². The van der Waals surface area contributed by atoms with Crippen molar-refractivity contribution in [3.8, 4) is 11.5 Å². The maximum atomic E-state index is 12.2. The fraction of sp³-hybridized carbons (Fsp3) is 0.167. The molecule has 0 saturated heterocycles. The number of hydrogen-bond donors (Lipinski definition) is 2. The van der Waals surface area contributed by atoms with Gasteiger partial charge in [-0.3, -0.25) is 14.5 Å². The minimum absolute atomic E-state index is 0.0981. The topological polar surface area (TPSA) is 97.0 Å². The number of nitrogens with zero attached hydrogens (tertiary/aromatic N) is 1. The molecular weight excluding hydrogens is 338 g/mol. The predicted molar refractivity (Wildman–Crippen MR) is 91.4 cm³/mol. The number of urea groups is 1. The second-order valence-corrected chi connectivity index (χ2v) is 5.76. The summed E-state index contributed by atoms with van der Waals surface area (Å²) in [6, 6.07) is 11.3. The lowest BCUT2D eigenvalue weighted by Crippen LogP contribution is -2.39. The third-order valence-electron chi connectivity index (χ3n) is 4.13. The summed E-state index contributed by atoms with van der Waals surface area (Å²) in [6.07, 6.45) is 0. The van der Waals surface area contributed by atoms with Crippen molar-refractivity contribution in [2.24, 2.45) is 0 Å². The van der Waals surface area contributed by atoms with Crippen LogP contribution in [-0.4, -0.2) is 42.6 Å². The molecule has 0 spiro atoms. The number of hydrogen-bond acceptors (Lipinski definition) is 5. The number of rotatable bonds is 4. The highest BCUT2D eigenvalue weighted by molar-refractivity contribution is 6.21. The molecule has 2 aliphatic rings. The van der Waals surface area contributed by atoms with Crippen LogP contribution in [-0.2, 0) is 0 Å². The van der Waals surface area contributed by atoms with E-state index in [4.69, 9.17) is 9.47 Å². The molecule has 2 N–H and O–H groups in total. The van der Waals surface area contributed by atoms with Gasteiger partial charge in [0.15, 0.2) is 11.5 Å². The Kier molecular flexibility index (Phi) is 3.92. The summed E-state index contributed by atoms with van der Waals surface area (Å²) < 4.78 is 10.5. The minimum atomic E-state index is -0.444. The molecule has 0 atom stereocenters. The van der Waals surface area contributed by atoms with Crippen molar-refractivity contribution in [1.82, 2.24) is 10.2 Å². The van der Waals surface area contributed by atoms with Gasteiger partial charge in [0.1, 0.15) is 0 Å². The Labute approximate surface area is 148 Å². The van der Waals surface area contributed by atoms with Crippen molar-refractivity contribution < 1.29 is 23.9 Å². The number of ether oxygens (including phenoxy) is 2. The zero-order valence-corrected chi connectivity index (χ0v) is 13.7. The van der Waals surface area contributed by atoms with E-state index < -0.39 is 6.03 Å². The molecule has 0 aromatic heterocycles. The van der Waals surface area contributed by atoms with Crippen molar-refractivity contribution in [1.29, 1.82) is 0 Å². The van der Waals surface area contributed by atoms with Crippen LogP contribution in [0.25, 0.3) is 0 Å². The van der Waals surface area contributed by atoms with Gasteiger partial charge in [-0.25, -0.2) is 4.79 Å². The van der Waals surface area contributed by atoms with Crippen molar-refractivity contribution in [2.45, 2.75) is 0 Å². The first-order chi connectivity index (χ1) is 12.6. The maximum Gasteiger partial charge on any atom is 0.319 e. The number of anilines is 1. The normalized spacial score (nSPS) is 14.4. The first-order valence-electron chi connectivity index (χ1n) is 8.03. The van der Waals surface area contributed by atoms with E-state index in [0.717, 1.165) is 4.90 Å². The van der Waals surface area contributed by atoms with Crippen LogP contribution in [0.2, 0.25) is 0 Å². The molecule has 8 heteroatoms. The van der Waals surface area contributed by atoms with Crippen LogP contribution in [0.4, 0.5) is 10.5 Å². The molecule has 0 bridgehead atoms. The quantitative estimate of drug-likeness (QED) is 0.818. The summed E-state index contributed by atoms with van der Waals surface area (Å²) in [6.45, 7) is 0.397. The third-order valence-corrected chi connectivity index (χ3v) is 4.13. The van der Waals surface area contributed by atoms with Crippen molar-refractivity contribution in [2.75, 3.05) is 25.2 Å². The Morgan fingerprint density at radius 3 is 2.42 bits per heavy atom. The minimum Gasteiger partial charge on any atom is -0.454 e. The van der Waals surface area contributed by atoms with Gasteiger partial charge in [-0.05, 0) is 24.3 Å². The molecule has 0 fully saturated rings. The van der Waals surface area contributed by atoms with E-state index >= 15 is 0 Å². The molecule has 2 aliphatic heterocycles. The smallest absolute Gasteiger partial charge is 0.319 e. The SMILES string of the molecule is O=C(NCCN1C(=O)c2ccccc2C1=O)Nc1ccc2c(c1)OCO2. The fourth-order valence-corrected chi connectivity index (χ4v) is 2.87. The highest BCUT2D eigenvalue weighted by Gasteiger charge is 2.34. The van der Waals surface area contributed by atoms with Crippen LogP contribution in [0, 0.1) is 0 Å². The van der Waals surface area contributed by atoms with Crippen LogP contribution in [0.3, 0.4) is 0 Å². The van der Waals surface area contributed by atoms with Gasteiger partial charge in [0.2, 0.25) is 6.79 Å². The van der Waals surface area contributed by atoms with E-state index in [0.29, 0.717) is 28.3 Å². The summed E-state index contributed by atoms with van der Waals surface area (Å²) in [5, 5.41) is 5.29. The third kappa shape index (κ3) is 2.81. The predicted octanol–water partition coefficient (Wildman–Crippen LogP) is 1.83. The Hall–Kier alpha value is -3.55. The van der Waals surface area contributed by atoms with Gasteiger partial charge in [-0.2, -0.15) is 0 Å². The van der Waals surface area contributed by atoms with Crippen molar-refractivity contribution in [3.05, 3.63) is 53.6 Å². The summed E-state index contributed by atoms with van der Waals surface area (Å²) in [5.74, 6) is 0.502. The molecule has 0 unspecified atom stereocenters. The molecule has 0 radical (unpaired) electrons. The molecule has 2 aromatic carbocycles. The van der Waals surface area contributed by atoms with Gasteiger partial charge in [-0.15, -0.1) is 0 Å². The summed E-state index contributed by atoms with van der Waals surface area (Å²) in [7, 11) is 0. The van der Waals surface area contributed by atoms with E-state index in [1.54, 1.807) is 42.5 Å². The van der Waals surface area contributed by atoms with Crippen LogP contribution in [0.15, 0.2) is 42.5 Å². The number of imide groups is 1. The van der Waals surface area contributed by atoms with Crippen LogP contribution < -0.4 is 20.1 Å². The summed E-state index contributed by atoms with van der Waals surface area (Å²) in [4.78, 5) is 37.6. The molecule has 4 amide bonds. The molecular formula is C18H15N3O5. The zero-order valence-electron chi connectivity index (χ0n) is 13.7. The fourth-order valence-electron chi connectivity index (χ4n) is 2.87. The molecule has 8 nitrogen and oxygen atoms in total. The van der Waals surface area contributed by atoms with Crippen LogP contribution in [0.5, 0.6) is 11.5 Å². The van der Waals surface area contributed by atoms with Gasteiger partial charge >= 0.3 is 6.03 Å². The largest absolute Gasteiger partial charge is 0.454 e. The Balaban J connectivity index is 1.31. The second kappa shape index (κ2) is 6.40. The lowest BCUT2D eigenvalue weighted by Gasteiger charge is -2.14. The highest BCUT2D eigenvalue weighted by Crippen LogP contribution is 2.34. The average molecular weight is 353 g/mol. The molecule has 0 aliphatic carbocycles. The molecule has 4 rings (SSSR count). The number of benzene rings is 2. The highest BCUT2D eigenvalue weighted by atomic mass is 16.7. The number of carbonyl (C=O) groups is 3. The molecule has 132 valence electrons. The number of nitrogens with one attached hydrogen (secondary N) is 2. The van der Waals surface area contributed by atoms with Gasteiger partial charge in [0.25, 0.3) is 11.8 Å². The average Bonchev–Trinajstić information content (AvgIpc) is 3.20. The van der Waals surface area contributed by atoms with Crippen molar-refractivity contribution in [3.63, 3.8) is 0 Å². The molecule has 2 aromatic rings. The van der Waals surface area contributed by atoms with E-state index in [9.17, 15) is 14.4 Å². The maximum absolute atomic E-state index is 12.2. The zero-order chi connectivity index (χ0) is 18.1. The summed E-state index contributed by atoms with van der Waals surface area (Å²) in [5.41, 5.74) is 1.33. The first kappa shape index (κ1) is 15.9. The van der Waals surface area contributed by atoms with Gasteiger partial charge in [-0.1, -0.05) is 12.1 Å².